The molecule has 0 spiro atoms. The summed E-state index contributed by atoms with van der Waals surface area (Å²) in [6.45, 7) is 2.76. The average molecular weight is 129 g/mol. The molecule has 0 aromatic heterocycles. The van der Waals surface area contributed by atoms with E-state index in [9.17, 15) is 0 Å². The number of aliphatic hydroxyl groups excluding tert-OH is 1. The Morgan fingerprint density at radius 1 is 1.33 bits per heavy atom. The van der Waals surface area contributed by atoms with Gasteiger partial charge in [-0.05, 0) is 31.8 Å². The Labute approximate surface area is 56.3 Å². The lowest BCUT2D eigenvalue weighted by Gasteiger charge is -2.26. The summed E-state index contributed by atoms with van der Waals surface area (Å²) in [4.78, 5) is 0. The van der Waals surface area contributed by atoms with Crippen LogP contribution in [0.5, 0.6) is 0 Å². The van der Waals surface area contributed by atoms with E-state index in [4.69, 9.17) is 5.11 Å². The van der Waals surface area contributed by atoms with E-state index in [1.807, 2.05) is 0 Å². The highest BCUT2D eigenvalue weighted by Crippen LogP contribution is 2.11. The van der Waals surface area contributed by atoms with Crippen LogP contribution in [0, 0.1) is 5.92 Å². The first-order valence-electron chi connectivity index (χ1n) is 3.75. The second kappa shape index (κ2) is 3.85. The largest absolute Gasteiger partial charge is 0.396 e. The Balaban J connectivity index is 1.80. The zero-order valence-electron chi connectivity index (χ0n) is 5.77. The third-order valence-corrected chi connectivity index (χ3v) is 1.89. The number of rotatable bonds is 4. The van der Waals surface area contributed by atoms with Crippen molar-refractivity contribution in [3.8, 4) is 0 Å². The summed E-state index contributed by atoms with van der Waals surface area (Å²) in [6.07, 6.45) is 3.48. The van der Waals surface area contributed by atoms with Gasteiger partial charge in [-0.2, -0.15) is 0 Å². The number of unbranched alkanes of at least 4 members (excludes halogenated alkanes) is 1. The molecule has 0 aromatic rings. The summed E-state index contributed by atoms with van der Waals surface area (Å²) in [6, 6.07) is 0. The van der Waals surface area contributed by atoms with E-state index in [1.54, 1.807) is 0 Å². The number of hydrogen-bond donors (Lipinski definition) is 2. The third-order valence-electron chi connectivity index (χ3n) is 1.89. The summed E-state index contributed by atoms with van der Waals surface area (Å²) in [5.41, 5.74) is 0. The predicted molar refractivity (Wildman–Crippen MR) is 37.3 cm³/mol. The summed E-state index contributed by atoms with van der Waals surface area (Å²) in [5.74, 6) is 0.913. The second-order valence-corrected chi connectivity index (χ2v) is 2.74. The molecule has 0 aromatic carbocycles. The van der Waals surface area contributed by atoms with Crippen LogP contribution in [-0.2, 0) is 0 Å². The molecule has 0 unspecified atom stereocenters. The van der Waals surface area contributed by atoms with Crippen molar-refractivity contribution < 1.29 is 5.11 Å². The molecule has 2 N–H and O–H groups in total. The Kier molecular flexibility index (Phi) is 3.01. The van der Waals surface area contributed by atoms with Crippen LogP contribution in [-0.4, -0.2) is 24.8 Å². The van der Waals surface area contributed by atoms with Gasteiger partial charge in [-0.1, -0.05) is 6.42 Å². The van der Waals surface area contributed by atoms with Gasteiger partial charge in [-0.3, -0.25) is 0 Å². The number of aliphatic hydroxyl groups is 1. The zero-order valence-corrected chi connectivity index (χ0v) is 5.77. The van der Waals surface area contributed by atoms with Crippen molar-refractivity contribution in [1.82, 2.24) is 5.32 Å². The lowest BCUT2D eigenvalue weighted by molar-refractivity contribution is 0.263. The van der Waals surface area contributed by atoms with Gasteiger partial charge in [0.2, 0.25) is 0 Å². The topological polar surface area (TPSA) is 32.3 Å². The van der Waals surface area contributed by atoms with Crippen molar-refractivity contribution in [2.75, 3.05) is 19.7 Å². The Bertz CT molecular complexity index is 71.3. The van der Waals surface area contributed by atoms with Crippen LogP contribution in [0.4, 0.5) is 0 Å². The van der Waals surface area contributed by atoms with Gasteiger partial charge in [-0.15, -0.1) is 0 Å². The Morgan fingerprint density at radius 3 is 2.56 bits per heavy atom. The van der Waals surface area contributed by atoms with E-state index < -0.39 is 0 Å². The first-order chi connectivity index (χ1) is 4.43. The molecule has 1 fully saturated rings. The molecule has 0 radical (unpaired) electrons. The van der Waals surface area contributed by atoms with Gasteiger partial charge in [0, 0.05) is 6.61 Å². The minimum Gasteiger partial charge on any atom is -0.396 e. The van der Waals surface area contributed by atoms with Gasteiger partial charge >= 0.3 is 0 Å². The molecule has 0 bridgehead atoms. The lowest BCUT2D eigenvalue weighted by atomic mass is 9.97. The van der Waals surface area contributed by atoms with Crippen molar-refractivity contribution in [3.63, 3.8) is 0 Å². The molecular weight excluding hydrogens is 114 g/mol. The van der Waals surface area contributed by atoms with Gasteiger partial charge in [0.25, 0.3) is 0 Å². The third kappa shape index (κ3) is 2.33. The van der Waals surface area contributed by atoms with Crippen LogP contribution in [0.1, 0.15) is 19.3 Å². The van der Waals surface area contributed by atoms with E-state index >= 15 is 0 Å². The fourth-order valence-corrected chi connectivity index (χ4v) is 1.10. The highest BCUT2D eigenvalue weighted by molar-refractivity contribution is 4.73. The average Bonchev–Trinajstić information content (AvgIpc) is 1.76. The quantitative estimate of drug-likeness (QED) is 0.537. The van der Waals surface area contributed by atoms with Crippen molar-refractivity contribution in [3.05, 3.63) is 0 Å². The van der Waals surface area contributed by atoms with E-state index in [-0.39, 0.29) is 0 Å². The first kappa shape index (κ1) is 7.03. The number of nitrogens with one attached hydrogen (secondary N) is 1. The van der Waals surface area contributed by atoms with Crippen molar-refractivity contribution in [1.29, 1.82) is 0 Å². The molecule has 1 aliphatic rings. The SMILES string of the molecule is OCCCCC1CNC1. The summed E-state index contributed by atoms with van der Waals surface area (Å²) in [7, 11) is 0. The molecule has 9 heavy (non-hydrogen) atoms. The molecule has 0 atom stereocenters. The highest BCUT2D eigenvalue weighted by Gasteiger charge is 2.14. The highest BCUT2D eigenvalue weighted by atomic mass is 16.2. The van der Waals surface area contributed by atoms with Crippen LogP contribution in [0.15, 0.2) is 0 Å². The zero-order chi connectivity index (χ0) is 6.53. The fraction of sp³-hybridized carbons (Fsp3) is 1.00. The Morgan fingerprint density at radius 2 is 2.11 bits per heavy atom. The predicted octanol–water partition coefficient (Wildman–Crippen LogP) is 0.368. The van der Waals surface area contributed by atoms with Crippen LogP contribution in [0.25, 0.3) is 0 Å². The van der Waals surface area contributed by atoms with E-state index in [0.29, 0.717) is 6.61 Å². The van der Waals surface area contributed by atoms with Gasteiger partial charge in [0.05, 0.1) is 0 Å². The summed E-state index contributed by atoms with van der Waals surface area (Å²) < 4.78 is 0. The maximum absolute atomic E-state index is 8.45. The van der Waals surface area contributed by atoms with E-state index in [0.717, 1.165) is 12.3 Å². The van der Waals surface area contributed by atoms with Crippen molar-refractivity contribution in [2.45, 2.75) is 19.3 Å². The maximum Gasteiger partial charge on any atom is 0.0431 e. The van der Waals surface area contributed by atoms with Crippen LogP contribution >= 0.6 is 0 Å². The smallest absolute Gasteiger partial charge is 0.0431 e. The molecule has 2 heteroatoms. The second-order valence-electron chi connectivity index (χ2n) is 2.74. The van der Waals surface area contributed by atoms with E-state index in [2.05, 4.69) is 5.32 Å². The fourth-order valence-electron chi connectivity index (χ4n) is 1.10. The van der Waals surface area contributed by atoms with Crippen LogP contribution in [0.3, 0.4) is 0 Å². The molecule has 1 heterocycles. The Hall–Kier alpha value is -0.0800. The molecule has 2 nitrogen and oxygen atoms in total. The molecular formula is C7H15NO. The minimum absolute atomic E-state index is 0.361. The summed E-state index contributed by atoms with van der Waals surface area (Å²) in [5, 5.41) is 11.7. The normalized spacial score (nSPS) is 19.7. The summed E-state index contributed by atoms with van der Waals surface area (Å²) >= 11 is 0. The molecule has 1 saturated heterocycles. The lowest BCUT2D eigenvalue weighted by Crippen LogP contribution is -2.41. The molecule has 54 valence electrons. The monoisotopic (exact) mass is 129 g/mol. The van der Waals surface area contributed by atoms with Crippen molar-refractivity contribution >= 4 is 0 Å². The van der Waals surface area contributed by atoms with E-state index in [1.165, 1.54) is 25.9 Å². The molecule has 1 aliphatic heterocycles. The van der Waals surface area contributed by atoms with Gasteiger partial charge < -0.3 is 10.4 Å². The maximum atomic E-state index is 8.45. The minimum atomic E-state index is 0.361. The van der Waals surface area contributed by atoms with Gasteiger partial charge in [0.1, 0.15) is 0 Å². The molecule has 0 aliphatic carbocycles. The molecule has 1 rings (SSSR count). The number of hydrogen-bond acceptors (Lipinski definition) is 2. The van der Waals surface area contributed by atoms with Crippen LogP contribution in [0.2, 0.25) is 0 Å². The van der Waals surface area contributed by atoms with Crippen molar-refractivity contribution in [2.24, 2.45) is 5.92 Å². The van der Waals surface area contributed by atoms with Gasteiger partial charge in [0.15, 0.2) is 0 Å². The molecule has 0 saturated carbocycles. The molecule has 0 amide bonds. The van der Waals surface area contributed by atoms with Crippen LogP contribution < -0.4 is 5.32 Å². The first-order valence-corrected chi connectivity index (χ1v) is 3.75. The standard InChI is InChI=1S/C7H15NO/c9-4-2-1-3-7-5-8-6-7/h7-9H,1-6H2. The van der Waals surface area contributed by atoms with Gasteiger partial charge in [-0.25, -0.2) is 0 Å².